The Morgan fingerprint density at radius 1 is 0.902 bits per heavy atom. The molecule has 0 radical (unpaired) electrons. The van der Waals surface area contributed by atoms with Crippen molar-refractivity contribution >= 4 is 11.9 Å². The fourth-order valence-electron chi connectivity index (χ4n) is 14.0. The summed E-state index contributed by atoms with van der Waals surface area (Å²) in [7, 11) is 0. The van der Waals surface area contributed by atoms with Crippen LogP contribution in [-0.2, 0) is 14.3 Å². The maximum atomic E-state index is 13.9. The predicted molar refractivity (Wildman–Crippen MR) is 207 cm³/mol. The number of rotatable bonds is 10. The highest BCUT2D eigenvalue weighted by Crippen LogP contribution is 2.78. The van der Waals surface area contributed by atoms with E-state index < -0.39 is 11.4 Å². The van der Waals surface area contributed by atoms with E-state index in [1.165, 1.54) is 44.1 Å². The van der Waals surface area contributed by atoms with Crippen molar-refractivity contribution in [1.29, 1.82) is 0 Å². The number of hydrogen-bond donors (Lipinski definition) is 2. The Morgan fingerprint density at radius 2 is 1.59 bits per heavy atom. The van der Waals surface area contributed by atoms with E-state index in [9.17, 15) is 14.7 Å². The number of ether oxygens (including phenoxy) is 1. The Labute approximate surface area is 309 Å². The molecule has 5 saturated carbocycles. The largest absolute Gasteiger partial charge is 0.495 e. The lowest BCUT2D eigenvalue weighted by Gasteiger charge is -2.73. The van der Waals surface area contributed by atoms with Gasteiger partial charge in [-0.2, -0.15) is 0 Å². The first-order valence-corrected chi connectivity index (χ1v) is 20.3. The molecule has 0 bridgehead atoms. The van der Waals surface area contributed by atoms with Gasteiger partial charge in [-0.25, -0.2) is 0 Å². The maximum absolute atomic E-state index is 13.9. The third-order valence-electron chi connectivity index (χ3n) is 16.9. The lowest BCUT2D eigenvalue weighted by atomic mass is 9.32. The van der Waals surface area contributed by atoms with E-state index in [1.807, 2.05) is 6.07 Å². The molecule has 5 aliphatic carbocycles. The number of carbonyl (C=O) groups excluding carboxylic acids is 1. The molecule has 0 heterocycles. The zero-order valence-electron chi connectivity index (χ0n) is 33.5. The summed E-state index contributed by atoms with van der Waals surface area (Å²) in [4.78, 5) is 25.8. The van der Waals surface area contributed by atoms with Crippen molar-refractivity contribution in [1.82, 2.24) is 5.32 Å². The van der Waals surface area contributed by atoms with Crippen molar-refractivity contribution in [2.24, 2.45) is 62.1 Å². The number of aliphatic carboxylic acids is 1. The van der Waals surface area contributed by atoms with Gasteiger partial charge in [-0.1, -0.05) is 83.7 Å². The van der Waals surface area contributed by atoms with Crippen LogP contribution in [0.15, 0.2) is 54.8 Å². The molecule has 2 N–H and O–H groups in total. The van der Waals surface area contributed by atoms with Crippen LogP contribution in [0.1, 0.15) is 151 Å². The summed E-state index contributed by atoms with van der Waals surface area (Å²) in [5.74, 6) is 2.79. The van der Waals surface area contributed by atoms with E-state index in [2.05, 4.69) is 91.2 Å². The second-order valence-corrected chi connectivity index (χ2v) is 20.3. The van der Waals surface area contributed by atoms with E-state index in [1.54, 1.807) is 13.8 Å². The van der Waals surface area contributed by atoms with Gasteiger partial charge in [0.05, 0.1) is 17.2 Å². The molecule has 0 spiro atoms. The third kappa shape index (κ3) is 6.13. The highest BCUT2D eigenvalue weighted by molar-refractivity contribution is 5.77. The first kappa shape index (κ1) is 38.2. The van der Waals surface area contributed by atoms with E-state index in [4.69, 9.17) is 4.74 Å². The van der Waals surface area contributed by atoms with E-state index in [-0.39, 0.29) is 45.1 Å². The van der Waals surface area contributed by atoms with Crippen LogP contribution < -0.4 is 5.32 Å². The van der Waals surface area contributed by atoms with Crippen molar-refractivity contribution in [3.63, 3.8) is 0 Å². The Kier molecular flexibility index (Phi) is 9.79. The molecule has 1 unspecified atom stereocenters. The van der Waals surface area contributed by atoms with Crippen LogP contribution >= 0.6 is 0 Å². The summed E-state index contributed by atoms with van der Waals surface area (Å²) in [6, 6.07) is 10.4. The van der Waals surface area contributed by atoms with E-state index in [0.29, 0.717) is 48.2 Å². The first-order valence-electron chi connectivity index (χ1n) is 20.3. The summed E-state index contributed by atoms with van der Waals surface area (Å²) in [5, 5.41) is 13.1. The molecule has 282 valence electrons. The standard InChI is InChI=1S/C46H69NO4/c1-29(2)33-19-24-46(28-38(48)47-31(4)32-15-13-12-14-16-32)26-25-44(10)34(39(33)46)17-18-36-43(9)22-21-37(51-30(3)27-41(5,6)40(49)50)42(7,8)35(43)20-23-45(36,44)11/h12-16,31,33-37,39H,1,3,17-28H2,2,4-11H3,(H,47,48)(H,49,50)/t31-,33+,34-,35+,36-,37?,39-,43+,44-,45-,46-/m1/s1. The summed E-state index contributed by atoms with van der Waals surface area (Å²) in [6.07, 6.45) is 12.7. The Bertz CT molecular complexity index is 1530. The van der Waals surface area contributed by atoms with Gasteiger partial charge in [-0.05, 0) is 149 Å². The molecule has 5 fully saturated rings. The minimum absolute atomic E-state index is 0.00502. The highest BCUT2D eigenvalue weighted by atomic mass is 16.5. The molecule has 1 amide bonds. The quantitative estimate of drug-likeness (QED) is 0.188. The number of allylic oxidation sites excluding steroid dienone is 2. The molecule has 0 aliphatic heterocycles. The van der Waals surface area contributed by atoms with Gasteiger partial charge in [0.25, 0.3) is 0 Å². The molecule has 51 heavy (non-hydrogen) atoms. The van der Waals surface area contributed by atoms with Crippen molar-refractivity contribution in [3.05, 3.63) is 60.4 Å². The fraction of sp³-hybridized carbons (Fsp3) is 0.739. The molecular weight excluding hydrogens is 631 g/mol. The number of carboxylic acid groups (broad SMARTS) is 1. The summed E-state index contributed by atoms with van der Waals surface area (Å²) < 4.78 is 6.63. The third-order valence-corrected chi connectivity index (χ3v) is 16.9. The average Bonchev–Trinajstić information content (AvgIpc) is 3.42. The van der Waals surface area contributed by atoms with Gasteiger partial charge >= 0.3 is 5.97 Å². The van der Waals surface area contributed by atoms with Gasteiger partial charge in [0.15, 0.2) is 0 Å². The van der Waals surface area contributed by atoms with Crippen LogP contribution in [0.25, 0.3) is 0 Å². The van der Waals surface area contributed by atoms with Gasteiger partial charge in [-0.15, -0.1) is 0 Å². The van der Waals surface area contributed by atoms with Gasteiger partial charge in [-0.3, -0.25) is 9.59 Å². The van der Waals surface area contributed by atoms with Crippen LogP contribution in [0.3, 0.4) is 0 Å². The van der Waals surface area contributed by atoms with Crippen LogP contribution in [0.4, 0.5) is 0 Å². The minimum Gasteiger partial charge on any atom is -0.495 e. The van der Waals surface area contributed by atoms with Crippen LogP contribution in [0.5, 0.6) is 0 Å². The normalized spacial score (nSPS) is 40.4. The van der Waals surface area contributed by atoms with Gasteiger partial charge < -0.3 is 15.2 Å². The zero-order chi connectivity index (χ0) is 37.4. The highest BCUT2D eigenvalue weighted by Gasteiger charge is 2.71. The number of fused-ring (bicyclic) bond motifs is 7. The maximum Gasteiger partial charge on any atom is 0.309 e. The Balaban J connectivity index is 1.23. The van der Waals surface area contributed by atoms with E-state index in [0.717, 1.165) is 31.2 Å². The molecule has 5 heteroatoms. The number of carboxylic acids is 1. The molecule has 0 saturated heterocycles. The second kappa shape index (κ2) is 13.1. The molecule has 6 rings (SSSR count). The van der Waals surface area contributed by atoms with Crippen LogP contribution in [-0.4, -0.2) is 23.1 Å². The van der Waals surface area contributed by atoms with Gasteiger partial charge in [0, 0.05) is 18.3 Å². The molecule has 1 aromatic carbocycles. The summed E-state index contributed by atoms with van der Waals surface area (Å²) in [6.45, 7) is 29.5. The number of hydrogen-bond acceptors (Lipinski definition) is 3. The smallest absolute Gasteiger partial charge is 0.309 e. The van der Waals surface area contributed by atoms with Crippen molar-refractivity contribution in [2.75, 3.05) is 0 Å². The molecule has 0 aromatic heterocycles. The Morgan fingerprint density at radius 3 is 2.24 bits per heavy atom. The number of carbonyl (C=O) groups is 2. The first-order chi connectivity index (χ1) is 23.7. The molecular formula is C46H69NO4. The SMILES string of the molecule is C=C(CC(C)(C)C(=O)O)OC1CC[C@]2(C)[C@H]3CC[C@@H]4[C@H]5[C@H](C(=C)C)CC[C@]5(CC(=O)N[C@H](C)c5ccccc5)CC[C@@]4(C)[C@]3(C)CC[C@H]2C1(C)C. The van der Waals surface area contributed by atoms with Crippen LogP contribution in [0, 0.1) is 62.1 Å². The molecule has 1 aromatic rings. The van der Waals surface area contributed by atoms with Crippen LogP contribution in [0.2, 0.25) is 0 Å². The Hall–Kier alpha value is -2.56. The predicted octanol–water partition coefficient (Wildman–Crippen LogP) is 11.3. The minimum atomic E-state index is -0.893. The fourth-order valence-corrected chi connectivity index (χ4v) is 14.0. The molecule has 11 atom stereocenters. The zero-order valence-corrected chi connectivity index (χ0v) is 33.5. The summed E-state index contributed by atoms with van der Waals surface area (Å²) >= 11 is 0. The second-order valence-electron chi connectivity index (χ2n) is 20.3. The van der Waals surface area contributed by atoms with Crippen molar-refractivity contribution in [3.8, 4) is 0 Å². The monoisotopic (exact) mass is 700 g/mol. The average molecular weight is 700 g/mol. The number of nitrogens with one attached hydrogen (secondary N) is 1. The van der Waals surface area contributed by atoms with Gasteiger partial charge in [0.1, 0.15) is 6.10 Å². The molecule has 5 aliphatic rings. The van der Waals surface area contributed by atoms with Crippen molar-refractivity contribution < 1.29 is 19.4 Å². The number of amides is 1. The molecule has 5 nitrogen and oxygen atoms in total. The van der Waals surface area contributed by atoms with Crippen molar-refractivity contribution in [2.45, 2.75) is 152 Å². The summed E-state index contributed by atoms with van der Waals surface area (Å²) in [5.41, 5.74) is 2.27. The lowest BCUT2D eigenvalue weighted by molar-refractivity contribution is -0.249. The topological polar surface area (TPSA) is 75.6 Å². The van der Waals surface area contributed by atoms with Gasteiger partial charge in [0.2, 0.25) is 5.91 Å². The lowest BCUT2D eigenvalue weighted by Crippen LogP contribution is -2.66. The van der Waals surface area contributed by atoms with E-state index >= 15 is 0 Å². The number of benzene rings is 1.